The average Bonchev–Trinajstić information content (AvgIpc) is 2.54. The van der Waals surface area contributed by atoms with Crippen molar-refractivity contribution in [3.05, 3.63) is 58.1 Å². The fourth-order valence-corrected chi connectivity index (χ4v) is 3.28. The third-order valence-electron chi connectivity index (χ3n) is 4.27. The number of ketones is 1. The number of ether oxygens (including phenoxy) is 1. The number of nitrogens with one attached hydrogen (secondary N) is 1. The second kappa shape index (κ2) is 6.57. The summed E-state index contributed by atoms with van der Waals surface area (Å²) in [6.07, 6.45) is 0.859. The van der Waals surface area contributed by atoms with Crippen LogP contribution in [0.2, 0.25) is 0 Å². The predicted octanol–water partition coefficient (Wildman–Crippen LogP) is 3.64. The highest BCUT2D eigenvalue weighted by atomic mass is 79.9. The van der Waals surface area contributed by atoms with Crippen LogP contribution in [0.25, 0.3) is 0 Å². The summed E-state index contributed by atoms with van der Waals surface area (Å²) in [5.41, 5.74) is 7.74. The minimum atomic E-state index is -0.877. The van der Waals surface area contributed by atoms with Gasteiger partial charge in [-0.25, -0.2) is 0 Å². The number of fused-ring (bicyclic) bond motifs is 1. The predicted molar refractivity (Wildman–Crippen MR) is 99.2 cm³/mol. The second-order valence-electron chi connectivity index (χ2n) is 6.51. The standard InChI is InChI=1S/C19H21BrN2O2/c1-19(2)18(23)17(22-9-8-12-6-4-3-5-7-12)13-10-14(20)15(21)11-16(13)24-19/h3-7,10-11,17,22H,8-9,21H2,1-2H3. The van der Waals surface area contributed by atoms with Gasteiger partial charge in [0, 0.05) is 28.3 Å². The van der Waals surface area contributed by atoms with Gasteiger partial charge in [-0.15, -0.1) is 0 Å². The molecule has 0 fully saturated rings. The molecule has 5 heteroatoms. The molecule has 2 aromatic rings. The zero-order chi connectivity index (χ0) is 17.3. The monoisotopic (exact) mass is 388 g/mol. The number of benzene rings is 2. The summed E-state index contributed by atoms with van der Waals surface area (Å²) < 4.78 is 6.64. The average molecular weight is 389 g/mol. The van der Waals surface area contributed by atoms with Crippen LogP contribution in [0.15, 0.2) is 46.9 Å². The number of nitrogens with two attached hydrogens (primary N) is 1. The van der Waals surface area contributed by atoms with E-state index < -0.39 is 11.6 Å². The molecule has 0 aromatic heterocycles. The molecule has 4 nitrogen and oxygen atoms in total. The summed E-state index contributed by atoms with van der Waals surface area (Å²) in [7, 11) is 0. The van der Waals surface area contributed by atoms with E-state index in [-0.39, 0.29) is 5.78 Å². The molecule has 24 heavy (non-hydrogen) atoms. The summed E-state index contributed by atoms with van der Waals surface area (Å²) in [6, 6.07) is 13.5. The van der Waals surface area contributed by atoms with Gasteiger partial charge >= 0.3 is 0 Å². The maximum atomic E-state index is 12.8. The van der Waals surface area contributed by atoms with Crippen molar-refractivity contribution in [1.82, 2.24) is 5.32 Å². The topological polar surface area (TPSA) is 64.3 Å². The molecule has 2 aromatic carbocycles. The van der Waals surface area contributed by atoms with Gasteiger partial charge in [0.2, 0.25) is 0 Å². The summed E-state index contributed by atoms with van der Waals surface area (Å²) in [5.74, 6) is 0.692. The van der Waals surface area contributed by atoms with E-state index in [9.17, 15) is 4.79 Å². The normalized spacial score (nSPS) is 18.8. The van der Waals surface area contributed by atoms with E-state index >= 15 is 0 Å². The Kier molecular flexibility index (Phi) is 4.65. The second-order valence-corrected chi connectivity index (χ2v) is 7.37. The molecule has 3 rings (SSSR count). The minimum Gasteiger partial charge on any atom is -0.480 e. The van der Waals surface area contributed by atoms with E-state index in [0.717, 1.165) is 16.5 Å². The van der Waals surface area contributed by atoms with Crippen molar-refractivity contribution in [1.29, 1.82) is 0 Å². The highest BCUT2D eigenvalue weighted by Crippen LogP contribution is 2.40. The van der Waals surface area contributed by atoms with Crippen molar-refractivity contribution in [2.24, 2.45) is 0 Å². The first-order valence-electron chi connectivity index (χ1n) is 7.98. The zero-order valence-corrected chi connectivity index (χ0v) is 15.4. The van der Waals surface area contributed by atoms with Gasteiger partial charge in [0.1, 0.15) is 5.75 Å². The molecule has 1 atom stereocenters. The smallest absolute Gasteiger partial charge is 0.197 e. The van der Waals surface area contributed by atoms with Crippen molar-refractivity contribution >= 4 is 27.4 Å². The van der Waals surface area contributed by atoms with E-state index in [1.165, 1.54) is 5.56 Å². The largest absolute Gasteiger partial charge is 0.480 e. The fourth-order valence-electron chi connectivity index (χ4n) is 2.92. The first-order chi connectivity index (χ1) is 11.4. The summed E-state index contributed by atoms with van der Waals surface area (Å²) in [6.45, 7) is 4.29. The molecule has 0 radical (unpaired) electrons. The van der Waals surface area contributed by atoms with Crippen LogP contribution in [0.1, 0.15) is 31.0 Å². The molecule has 126 valence electrons. The number of nitrogen functional groups attached to an aromatic ring is 1. The van der Waals surface area contributed by atoms with Crippen molar-refractivity contribution in [2.75, 3.05) is 12.3 Å². The molecule has 1 heterocycles. The van der Waals surface area contributed by atoms with Gasteiger partial charge in [-0.2, -0.15) is 0 Å². The molecule has 1 aliphatic rings. The van der Waals surface area contributed by atoms with E-state index in [4.69, 9.17) is 10.5 Å². The van der Waals surface area contributed by atoms with Crippen LogP contribution < -0.4 is 15.8 Å². The third-order valence-corrected chi connectivity index (χ3v) is 4.95. The molecular formula is C19H21BrN2O2. The molecule has 0 spiro atoms. The van der Waals surface area contributed by atoms with Gasteiger partial charge in [0.15, 0.2) is 11.4 Å². The van der Waals surface area contributed by atoms with Crippen molar-refractivity contribution < 1.29 is 9.53 Å². The van der Waals surface area contributed by atoms with Gasteiger partial charge in [0.25, 0.3) is 0 Å². The Morgan fingerprint density at radius 3 is 2.67 bits per heavy atom. The van der Waals surface area contributed by atoms with E-state index in [2.05, 4.69) is 33.4 Å². The lowest BCUT2D eigenvalue weighted by Crippen LogP contribution is -2.49. The number of Topliss-reactive ketones (excluding diaryl/α,β-unsaturated/α-hetero) is 1. The van der Waals surface area contributed by atoms with Crippen LogP contribution in [0.3, 0.4) is 0 Å². The lowest BCUT2D eigenvalue weighted by molar-refractivity contribution is -0.136. The zero-order valence-electron chi connectivity index (χ0n) is 13.8. The Bertz CT molecular complexity index is 759. The molecular weight excluding hydrogens is 368 g/mol. The van der Waals surface area contributed by atoms with Gasteiger partial charge in [0.05, 0.1) is 6.04 Å². The first kappa shape index (κ1) is 17.0. The number of carbonyl (C=O) groups is 1. The molecule has 1 unspecified atom stereocenters. The highest BCUT2D eigenvalue weighted by molar-refractivity contribution is 9.10. The van der Waals surface area contributed by atoms with Crippen molar-refractivity contribution in [3.63, 3.8) is 0 Å². The Labute approximate surface area is 150 Å². The lowest BCUT2D eigenvalue weighted by Gasteiger charge is -2.36. The Morgan fingerprint density at radius 1 is 1.25 bits per heavy atom. The number of carbonyl (C=O) groups excluding carboxylic acids is 1. The number of rotatable bonds is 4. The Balaban J connectivity index is 1.83. The van der Waals surface area contributed by atoms with Crippen molar-refractivity contribution in [3.8, 4) is 5.75 Å². The number of hydrogen-bond donors (Lipinski definition) is 2. The van der Waals surface area contributed by atoms with Crippen molar-refractivity contribution in [2.45, 2.75) is 31.9 Å². The molecule has 0 amide bonds. The highest BCUT2D eigenvalue weighted by Gasteiger charge is 2.42. The number of anilines is 1. The quantitative estimate of drug-likeness (QED) is 0.784. The Hall–Kier alpha value is -1.85. The SMILES string of the molecule is CC1(C)Oc2cc(N)c(Br)cc2C(NCCc2ccccc2)C1=O. The van der Waals surface area contributed by atoms with E-state index in [1.54, 1.807) is 19.9 Å². The summed E-state index contributed by atoms with van der Waals surface area (Å²) in [4.78, 5) is 12.8. The lowest BCUT2D eigenvalue weighted by atomic mass is 9.88. The van der Waals surface area contributed by atoms with E-state index in [1.807, 2.05) is 24.3 Å². The number of halogens is 1. The molecule has 0 saturated heterocycles. The molecule has 0 saturated carbocycles. The Morgan fingerprint density at radius 2 is 1.96 bits per heavy atom. The van der Waals surface area contributed by atoms with Crippen LogP contribution in [0, 0.1) is 0 Å². The molecule has 0 aliphatic carbocycles. The van der Waals surface area contributed by atoms with Gasteiger partial charge in [-0.3, -0.25) is 4.79 Å². The van der Waals surface area contributed by atoms with E-state index in [0.29, 0.717) is 18.0 Å². The van der Waals surface area contributed by atoms with Crippen LogP contribution in [-0.4, -0.2) is 17.9 Å². The molecule has 3 N–H and O–H groups in total. The molecule has 0 bridgehead atoms. The van der Waals surface area contributed by atoms with Gasteiger partial charge < -0.3 is 15.8 Å². The van der Waals surface area contributed by atoms with Gasteiger partial charge in [-0.1, -0.05) is 30.3 Å². The summed E-state index contributed by atoms with van der Waals surface area (Å²) >= 11 is 3.44. The van der Waals surface area contributed by atoms with Crippen LogP contribution in [0.5, 0.6) is 5.75 Å². The van der Waals surface area contributed by atoms with Crippen LogP contribution >= 0.6 is 15.9 Å². The third kappa shape index (κ3) is 3.32. The van der Waals surface area contributed by atoms with Crippen LogP contribution in [-0.2, 0) is 11.2 Å². The first-order valence-corrected chi connectivity index (χ1v) is 8.77. The maximum absolute atomic E-state index is 12.8. The minimum absolute atomic E-state index is 0.0275. The fraction of sp³-hybridized carbons (Fsp3) is 0.316. The molecule has 1 aliphatic heterocycles. The van der Waals surface area contributed by atoms with Gasteiger partial charge in [-0.05, 0) is 47.8 Å². The van der Waals surface area contributed by atoms with Crippen LogP contribution in [0.4, 0.5) is 5.69 Å². The number of hydrogen-bond acceptors (Lipinski definition) is 4. The summed E-state index contributed by atoms with van der Waals surface area (Å²) in [5, 5.41) is 3.39. The maximum Gasteiger partial charge on any atom is 0.197 e.